The summed E-state index contributed by atoms with van der Waals surface area (Å²) in [5, 5.41) is 77.3. The highest BCUT2D eigenvalue weighted by atomic mass is 127. The smallest absolute Gasteiger partial charge is 0.333 e. The van der Waals surface area contributed by atoms with E-state index in [4.69, 9.17) is 0 Å². The average Bonchev–Trinajstić information content (AvgIpc) is 1.67. The van der Waals surface area contributed by atoms with Gasteiger partial charge >= 0.3 is 23.7 Å². The molecule has 0 spiro atoms. The number of allylic oxidation sites excluding steroid dienone is 1. The summed E-state index contributed by atoms with van der Waals surface area (Å²) in [4.78, 5) is 20.0. The fourth-order valence-corrected chi connectivity index (χ4v) is 13.2. The lowest BCUT2D eigenvalue weighted by Gasteiger charge is -2.17. The number of rotatable bonds is 12. The monoisotopic (exact) mass is 1730 g/mol. The summed E-state index contributed by atoms with van der Waals surface area (Å²) in [5.41, 5.74) is 7.62. The van der Waals surface area contributed by atoms with Gasteiger partial charge in [-0.25, -0.2) is 4.98 Å². The lowest BCUT2D eigenvalue weighted by molar-refractivity contribution is -0.577. The summed E-state index contributed by atoms with van der Waals surface area (Å²) in [5.74, 6) is -16.0. The highest BCUT2D eigenvalue weighted by Gasteiger charge is 2.44. The van der Waals surface area contributed by atoms with Gasteiger partial charge in [-0.1, -0.05) is 72.2 Å². The number of halogens is 9. The van der Waals surface area contributed by atoms with Crippen molar-refractivity contribution < 1.29 is 44.6 Å². The summed E-state index contributed by atoms with van der Waals surface area (Å²) in [6, 6.07) is 40.0. The molecule has 0 aliphatic heterocycles. The molecule has 20 rings (SSSR count). The maximum absolute atomic E-state index is 15.4. The van der Waals surface area contributed by atoms with Crippen LogP contribution >= 0.6 is 22.6 Å². The Hall–Kier alpha value is -14.5. The number of carbonyl (C=O) groups excluding carboxylic acids is 1. The number of ketones is 1. The van der Waals surface area contributed by atoms with Crippen LogP contribution in [0.15, 0.2) is 226 Å². The van der Waals surface area contributed by atoms with Gasteiger partial charge in [0, 0.05) is 138 Å². The summed E-state index contributed by atoms with van der Waals surface area (Å²) in [6.07, 6.45) is 19.5. The second kappa shape index (κ2) is 32.3. The van der Waals surface area contributed by atoms with Gasteiger partial charge in [0.2, 0.25) is 28.8 Å². The largest absolute Gasteiger partial charge is 0.618 e. The van der Waals surface area contributed by atoms with Crippen molar-refractivity contribution in [2.75, 3.05) is 0 Å². The summed E-state index contributed by atoms with van der Waals surface area (Å²) < 4.78 is 135. The highest BCUT2D eigenvalue weighted by molar-refractivity contribution is 14.1. The Morgan fingerprint density at radius 1 is 0.403 bits per heavy atom. The van der Waals surface area contributed by atoms with Crippen LogP contribution in [-0.2, 0) is 63.1 Å². The maximum Gasteiger partial charge on any atom is 0.333 e. The molecule has 4 aromatic carbocycles. The quantitative estimate of drug-likeness (QED) is 0.0361. The van der Waals surface area contributed by atoms with Crippen LogP contribution in [0.25, 0.3) is 106 Å². The molecule has 0 radical (unpaired) electrons. The summed E-state index contributed by atoms with van der Waals surface area (Å²) in [6.45, 7) is 0. The van der Waals surface area contributed by atoms with Gasteiger partial charge in [-0.05, 0) is 149 Å². The van der Waals surface area contributed by atoms with Crippen LogP contribution < -0.4 is 4.73 Å². The van der Waals surface area contributed by atoms with E-state index >= 15 is 35.1 Å². The minimum absolute atomic E-state index is 0. The first kappa shape index (κ1) is 82.5. The molecule has 19 aromatic rings. The molecule has 0 saturated heterocycles. The summed E-state index contributed by atoms with van der Waals surface area (Å²) in [7, 11) is 7.06. The van der Waals surface area contributed by atoms with Crippen LogP contribution in [0.1, 0.15) is 86.4 Å². The van der Waals surface area contributed by atoms with E-state index in [0.29, 0.717) is 88.0 Å². The third kappa shape index (κ3) is 15.7. The van der Waals surface area contributed by atoms with Gasteiger partial charge in [0.05, 0.1) is 58.6 Å². The normalized spacial score (nSPS) is 12.1. The first-order chi connectivity index (χ1) is 55.3. The number of aromatic nitrogens is 27. The SMILES string of the molecule is C.C.C.C.Cn1cc(-c2ccc3nnc(C(F)(F)c4ccc5c(c4)C=CC(=O)C5)n3n2)cn1.Cn1cc(-c2ccc3nnc(C(F)(F)c4ccc5c(ccc[n+]5[O-])c4)n3n2)cn1.Cn1cc(-c2ccc3nnc(C(F)(F)c4ccc5nc(I)ccc5c4)n3n2)cn1.Cn1cc(-c2ccc3nnc(C(F)(F)c4ccc5ncccc5c4)n3n2)cn1. The van der Waals surface area contributed by atoms with Crippen LogP contribution in [0.5, 0.6) is 0 Å². The molecule has 0 N–H and O–H groups in total. The van der Waals surface area contributed by atoms with E-state index in [2.05, 4.69) is 114 Å². The molecule has 0 saturated carbocycles. The van der Waals surface area contributed by atoms with E-state index in [-0.39, 0.29) is 86.8 Å². The second-order valence-corrected chi connectivity index (χ2v) is 27.5. The second-order valence-electron chi connectivity index (χ2n) is 26.4. The molecule has 38 heteroatoms. The molecular formula is C81H68F8IN27O2. The molecule has 0 fully saturated rings. The fourth-order valence-electron chi connectivity index (χ4n) is 12.8. The number of fused-ring (bicyclic) bond motifs is 8. The number of hydrogen-bond acceptors (Lipinski definition) is 20. The number of pyridine rings is 3. The third-order valence-corrected chi connectivity index (χ3v) is 19.2. The zero-order chi connectivity index (χ0) is 79.8. The lowest BCUT2D eigenvalue weighted by atomic mass is 9.93. The molecular weight excluding hydrogens is 1660 g/mol. The fraction of sp³-hybridized carbons (Fsp3) is 0.160. The van der Waals surface area contributed by atoms with E-state index < -0.39 is 47.0 Å². The van der Waals surface area contributed by atoms with Gasteiger partial charge in [0.1, 0.15) is 3.70 Å². The molecule has 29 nitrogen and oxygen atoms in total. The van der Waals surface area contributed by atoms with Crippen molar-refractivity contribution in [3.8, 4) is 45.0 Å². The van der Waals surface area contributed by atoms with E-state index in [0.717, 1.165) is 27.3 Å². The topological polar surface area (TPSA) is 313 Å². The molecule has 0 bridgehead atoms. The van der Waals surface area contributed by atoms with Crippen molar-refractivity contribution in [1.29, 1.82) is 0 Å². The Kier molecular flexibility index (Phi) is 22.4. The highest BCUT2D eigenvalue weighted by Crippen LogP contribution is 2.41. The Balaban J connectivity index is 0.000000136. The molecule has 0 amide bonds. The zero-order valence-electron chi connectivity index (χ0n) is 59.9. The average molecular weight is 1730 g/mol. The van der Waals surface area contributed by atoms with Crippen molar-refractivity contribution in [3.63, 3.8) is 0 Å². The lowest BCUT2D eigenvalue weighted by Crippen LogP contribution is -2.26. The van der Waals surface area contributed by atoms with Gasteiger partial charge in [-0.15, -0.1) is 40.8 Å². The molecule has 0 unspecified atom stereocenters. The predicted octanol–water partition coefficient (Wildman–Crippen LogP) is 14.8. The molecule has 0 atom stereocenters. The minimum atomic E-state index is -3.47. The Labute approximate surface area is 683 Å². The first-order valence-electron chi connectivity index (χ1n) is 34.6. The van der Waals surface area contributed by atoms with E-state index in [1.165, 1.54) is 72.9 Å². The molecule has 119 heavy (non-hydrogen) atoms. The Morgan fingerprint density at radius 3 is 1.18 bits per heavy atom. The van der Waals surface area contributed by atoms with Gasteiger partial charge in [0.25, 0.3) is 0 Å². The van der Waals surface area contributed by atoms with Crippen molar-refractivity contribution in [2.45, 2.75) is 59.8 Å². The molecule has 1 aliphatic rings. The third-order valence-electron chi connectivity index (χ3n) is 18.6. The molecule has 15 aromatic heterocycles. The summed E-state index contributed by atoms with van der Waals surface area (Å²) >= 11 is 2.08. The van der Waals surface area contributed by atoms with Crippen molar-refractivity contribution >= 4 is 89.7 Å². The number of benzene rings is 4. The van der Waals surface area contributed by atoms with Crippen molar-refractivity contribution in [1.82, 2.24) is 128 Å². The Morgan fingerprint density at radius 2 is 0.773 bits per heavy atom. The number of alkyl halides is 8. The van der Waals surface area contributed by atoms with E-state index in [1.807, 2.05) is 0 Å². The predicted molar refractivity (Wildman–Crippen MR) is 434 cm³/mol. The van der Waals surface area contributed by atoms with Crippen molar-refractivity contribution in [3.05, 3.63) is 291 Å². The molecule has 602 valence electrons. The van der Waals surface area contributed by atoms with E-state index in [9.17, 15) is 10.0 Å². The minimum Gasteiger partial charge on any atom is -0.618 e. The zero-order valence-corrected chi connectivity index (χ0v) is 62.1. The standard InChI is InChI=1S/C20H14F2N6O.C19H12F2IN7.C19H13F2N7O.C19H13F2N7.4CH4/c1-27-11-14(10-23-27)17-6-7-18-24-25-19(28(18)26-17)20(21,22)15-4-2-13-9-16(29)5-3-12(13)8-15;1-28-10-12(9-23-28)15-5-7-17-25-26-18(29(17)27-15)19(20,21)13-3-4-14-11(8-13)2-6-16(22)24-14;1-26-11-13(10-22-26)15-5-7-17-23-24-18(28(17)25-15)19(20,21)14-4-6-16-12(9-14)3-2-8-27(16)29;1-27-11-13(10-23-27)16-6-7-17-24-25-18(28(17)26-16)19(20,21)14-4-5-15-12(9-14)3-2-8-22-15;;;;/h2-8,10-11H,9H2,1H3;2-10H,1H3;2-11H,1H3;2-11H,1H3;4*1H4. The molecule has 15 heterocycles. The van der Waals surface area contributed by atoms with Gasteiger partial charge in [-0.3, -0.25) is 28.5 Å². The number of hydrogen-bond donors (Lipinski definition) is 0. The van der Waals surface area contributed by atoms with Crippen LogP contribution in [0, 0.1) is 8.91 Å². The Bertz CT molecular complexity index is 7040. The van der Waals surface area contributed by atoms with Crippen molar-refractivity contribution in [2.24, 2.45) is 28.2 Å². The van der Waals surface area contributed by atoms with Crippen LogP contribution in [0.2, 0.25) is 0 Å². The van der Waals surface area contributed by atoms with Crippen LogP contribution in [-0.4, -0.2) is 134 Å². The number of aryl methyl sites for hydroxylation is 4. The number of nitrogens with zero attached hydrogens (tertiary/aromatic N) is 27. The number of carbonyl (C=O) groups is 1. The van der Waals surface area contributed by atoms with Crippen LogP contribution in [0.4, 0.5) is 35.1 Å². The van der Waals surface area contributed by atoms with Crippen LogP contribution in [0.3, 0.4) is 0 Å². The van der Waals surface area contributed by atoms with E-state index in [1.54, 1.807) is 206 Å². The van der Waals surface area contributed by atoms with Gasteiger partial charge in [0.15, 0.2) is 34.6 Å². The maximum atomic E-state index is 15.4. The van der Waals surface area contributed by atoms with Gasteiger partial charge in [-0.2, -0.15) is 98.7 Å². The van der Waals surface area contributed by atoms with Gasteiger partial charge < -0.3 is 5.21 Å². The first-order valence-corrected chi connectivity index (χ1v) is 35.6. The molecule has 1 aliphatic carbocycles.